The Labute approximate surface area is 164 Å². The summed E-state index contributed by atoms with van der Waals surface area (Å²) in [7, 11) is 0. The van der Waals surface area contributed by atoms with Crippen molar-refractivity contribution in [1.29, 1.82) is 0 Å². The van der Waals surface area contributed by atoms with Gasteiger partial charge in [-0.2, -0.15) is 0 Å². The Bertz CT molecular complexity index is 908. The first kappa shape index (κ1) is 17.6. The normalized spacial score (nSPS) is 32.9. The van der Waals surface area contributed by atoms with E-state index in [2.05, 4.69) is 0 Å². The van der Waals surface area contributed by atoms with Gasteiger partial charge in [-0.15, -0.1) is 11.3 Å². The summed E-state index contributed by atoms with van der Waals surface area (Å²) in [5.41, 5.74) is 1.52. The van der Waals surface area contributed by atoms with Crippen LogP contribution >= 0.6 is 11.3 Å². The number of benzene rings is 1. The summed E-state index contributed by atoms with van der Waals surface area (Å²) < 4.78 is 17.4. The van der Waals surface area contributed by atoms with Crippen molar-refractivity contribution in [3.8, 4) is 10.6 Å². The molecule has 2 unspecified atom stereocenters. The number of carbonyl (C=O) groups is 2. The van der Waals surface area contributed by atoms with Crippen molar-refractivity contribution in [1.82, 2.24) is 4.98 Å². The Morgan fingerprint density at radius 2 is 1.70 bits per heavy atom. The summed E-state index contributed by atoms with van der Waals surface area (Å²) in [5, 5.41) is 0.785. The molecule has 1 saturated carbocycles. The molecule has 0 amide bonds. The van der Waals surface area contributed by atoms with E-state index in [1.807, 2.05) is 31.2 Å². The van der Waals surface area contributed by atoms with E-state index >= 15 is 0 Å². The van der Waals surface area contributed by atoms with E-state index in [1.165, 1.54) is 11.3 Å². The quantitative estimate of drug-likeness (QED) is 0.584. The first-order valence-corrected chi connectivity index (χ1v) is 11.5. The van der Waals surface area contributed by atoms with Gasteiger partial charge in [0.05, 0.1) is 29.7 Å². The number of rotatable bonds is 3. The van der Waals surface area contributed by atoms with Crippen LogP contribution in [-0.4, -0.2) is 39.6 Å². The largest absolute Gasteiger partial charge is 0.612 e. The Morgan fingerprint density at radius 1 is 1.11 bits per heavy atom. The number of hydrogen-bond acceptors (Lipinski definition) is 6. The number of ether oxygens (including phenoxy) is 1. The van der Waals surface area contributed by atoms with E-state index in [0.29, 0.717) is 5.69 Å². The molecule has 7 heteroatoms. The van der Waals surface area contributed by atoms with Crippen LogP contribution < -0.4 is 0 Å². The zero-order chi connectivity index (χ0) is 18.9. The van der Waals surface area contributed by atoms with Crippen LogP contribution in [0.5, 0.6) is 0 Å². The smallest absolute Gasteiger partial charge is 0.155 e. The average Bonchev–Trinajstić information content (AvgIpc) is 3.40. The number of carbonyl (C=O) groups excluding carboxylic acids is 2. The SMILES string of the molecule is Cc1sc(-c2ccc([S+](C)[O-])cc2)nc1C1C(=O)[C@@H]2[C@H](C1=O)[C@H]1CC[C@@H]2O1. The van der Waals surface area contributed by atoms with Crippen LogP contribution in [-0.2, 0) is 25.5 Å². The van der Waals surface area contributed by atoms with Crippen molar-refractivity contribution in [3.63, 3.8) is 0 Å². The third-order valence-electron chi connectivity index (χ3n) is 6.04. The molecule has 2 saturated heterocycles. The van der Waals surface area contributed by atoms with Gasteiger partial charge in [0.15, 0.2) is 16.5 Å². The lowest BCUT2D eigenvalue weighted by Crippen LogP contribution is -2.29. The third-order valence-corrected chi connectivity index (χ3v) is 8.01. The van der Waals surface area contributed by atoms with Crippen molar-refractivity contribution >= 4 is 34.1 Å². The molecule has 140 valence electrons. The van der Waals surface area contributed by atoms with E-state index in [0.717, 1.165) is 33.2 Å². The minimum atomic E-state index is -1.03. The van der Waals surface area contributed by atoms with E-state index in [9.17, 15) is 14.1 Å². The highest BCUT2D eigenvalue weighted by molar-refractivity contribution is 7.90. The van der Waals surface area contributed by atoms with Crippen LogP contribution in [0.1, 0.15) is 29.3 Å². The lowest BCUT2D eigenvalue weighted by atomic mass is 9.81. The minimum absolute atomic E-state index is 0.00567. The molecular weight excluding hydrogens is 382 g/mol. The standard InChI is InChI=1S/C20H19NO4S2/c1-9-17(21-20(26-9)10-3-5-11(6-4-10)27(2)24)16-18(22)14-12-7-8-13(25-12)15(14)19(16)23/h3-6,12-16H,7-8H2,1-2H3/t12-,13+,14-,15+,16?,27?. The van der Waals surface area contributed by atoms with Crippen molar-refractivity contribution in [2.45, 2.75) is 42.8 Å². The summed E-state index contributed by atoms with van der Waals surface area (Å²) in [6, 6.07) is 7.43. The molecule has 0 N–H and O–H groups in total. The molecular formula is C20H19NO4S2. The fraction of sp³-hybridized carbons (Fsp3) is 0.450. The molecule has 1 aliphatic carbocycles. The van der Waals surface area contributed by atoms with E-state index < -0.39 is 17.1 Å². The van der Waals surface area contributed by atoms with Crippen molar-refractivity contribution in [2.75, 3.05) is 6.26 Å². The van der Waals surface area contributed by atoms with Gasteiger partial charge in [0.2, 0.25) is 0 Å². The number of nitrogens with zero attached hydrogens (tertiary/aromatic N) is 1. The molecule has 27 heavy (non-hydrogen) atoms. The van der Waals surface area contributed by atoms with E-state index in [1.54, 1.807) is 6.26 Å². The van der Waals surface area contributed by atoms with Crippen molar-refractivity contribution in [3.05, 3.63) is 34.8 Å². The van der Waals surface area contributed by atoms with Crippen LogP contribution in [0.3, 0.4) is 0 Å². The van der Waals surface area contributed by atoms with Gasteiger partial charge in [-0.05, 0) is 55.2 Å². The van der Waals surface area contributed by atoms with Crippen LogP contribution in [0.25, 0.3) is 10.6 Å². The maximum absolute atomic E-state index is 13.0. The monoisotopic (exact) mass is 401 g/mol. The Kier molecular flexibility index (Phi) is 4.05. The van der Waals surface area contributed by atoms with Crippen molar-refractivity contribution in [2.24, 2.45) is 11.8 Å². The predicted molar refractivity (Wildman–Crippen MR) is 102 cm³/mol. The Hall–Kier alpha value is -1.54. The van der Waals surface area contributed by atoms with Gasteiger partial charge in [0, 0.05) is 10.4 Å². The zero-order valence-corrected chi connectivity index (χ0v) is 16.6. The second-order valence-corrected chi connectivity index (χ2v) is 10.1. The molecule has 2 aliphatic heterocycles. The summed E-state index contributed by atoms with van der Waals surface area (Å²) in [6.45, 7) is 1.92. The second-order valence-electron chi connectivity index (χ2n) is 7.52. The van der Waals surface area contributed by atoms with Crippen LogP contribution in [0.2, 0.25) is 0 Å². The third kappa shape index (κ3) is 2.56. The fourth-order valence-corrected chi connectivity index (χ4v) is 6.26. The average molecular weight is 402 g/mol. The number of Topliss-reactive ketones (excluding diaryl/α,β-unsaturated/α-hetero) is 2. The Morgan fingerprint density at radius 3 is 2.26 bits per heavy atom. The van der Waals surface area contributed by atoms with Gasteiger partial charge in [-0.3, -0.25) is 9.59 Å². The molecule has 0 radical (unpaired) electrons. The first-order chi connectivity index (χ1) is 13.0. The lowest BCUT2D eigenvalue weighted by molar-refractivity contribution is -0.127. The number of thiazole rings is 1. The molecule has 5 rings (SSSR count). The Balaban J connectivity index is 1.48. The summed E-state index contributed by atoms with van der Waals surface area (Å²) >= 11 is 0.469. The topological polar surface area (TPSA) is 79.3 Å². The molecule has 6 atom stereocenters. The number of aryl methyl sites for hydroxylation is 1. The van der Waals surface area contributed by atoms with Gasteiger partial charge in [0.1, 0.15) is 17.2 Å². The van der Waals surface area contributed by atoms with Gasteiger partial charge in [-0.1, -0.05) is 0 Å². The maximum atomic E-state index is 13.0. The molecule has 1 aromatic carbocycles. The van der Waals surface area contributed by atoms with Crippen molar-refractivity contribution < 1.29 is 18.9 Å². The lowest BCUT2D eigenvalue weighted by Gasteiger charge is -2.16. The van der Waals surface area contributed by atoms with E-state index in [-0.39, 0.29) is 35.6 Å². The molecule has 0 spiro atoms. The van der Waals surface area contributed by atoms with Gasteiger partial charge in [0.25, 0.3) is 0 Å². The highest BCUT2D eigenvalue weighted by Crippen LogP contribution is 2.52. The first-order valence-electron chi connectivity index (χ1n) is 9.10. The minimum Gasteiger partial charge on any atom is -0.612 e. The molecule has 3 fully saturated rings. The highest BCUT2D eigenvalue weighted by atomic mass is 32.2. The molecule has 1 aromatic heterocycles. The number of fused-ring (bicyclic) bond motifs is 5. The number of hydrogen-bond donors (Lipinski definition) is 0. The van der Waals surface area contributed by atoms with Gasteiger partial charge < -0.3 is 9.29 Å². The molecule has 2 aromatic rings. The maximum Gasteiger partial charge on any atom is 0.155 e. The molecule has 2 bridgehead atoms. The van der Waals surface area contributed by atoms with Gasteiger partial charge in [-0.25, -0.2) is 4.98 Å². The van der Waals surface area contributed by atoms with Gasteiger partial charge >= 0.3 is 0 Å². The molecule has 3 heterocycles. The van der Waals surface area contributed by atoms with Crippen LogP contribution in [0, 0.1) is 18.8 Å². The number of ketones is 2. The fourth-order valence-electron chi connectivity index (χ4n) is 4.78. The van der Waals surface area contributed by atoms with Crippen LogP contribution in [0.15, 0.2) is 29.2 Å². The summed E-state index contributed by atoms with van der Waals surface area (Å²) in [4.78, 5) is 32.4. The zero-order valence-electron chi connectivity index (χ0n) is 15.0. The summed E-state index contributed by atoms with van der Waals surface area (Å²) in [6.07, 6.45) is 3.24. The predicted octanol–water partition coefficient (Wildman–Crippen LogP) is 2.88. The molecule has 5 nitrogen and oxygen atoms in total. The second kappa shape index (κ2) is 6.24. The highest BCUT2D eigenvalue weighted by Gasteiger charge is 2.63. The van der Waals surface area contributed by atoms with Crippen LogP contribution in [0.4, 0.5) is 0 Å². The molecule has 3 aliphatic rings. The number of aromatic nitrogens is 1. The van der Waals surface area contributed by atoms with E-state index in [4.69, 9.17) is 9.72 Å². The summed E-state index contributed by atoms with van der Waals surface area (Å²) in [5.74, 6) is -1.29.